The molecule has 0 amide bonds. The number of benzene rings is 1. The van der Waals surface area contributed by atoms with Gasteiger partial charge in [0, 0.05) is 6.42 Å². The molecule has 2 N–H and O–H groups in total. The highest BCUT2D eigenvalue weighted by Crippen LogP contribution is 2.27. The molecule has 0 fully saturated rings. The molecule has 1 aromatic heterocycles. The number of rotatable bonds is 4. The molecule has 0 bridgehead atoms. The predicted molar refractivity (Wildman–Crippen MR) is 60.1 cm³/mol. The van der Waals surface area contributed by atoms with Gasteiger partial charge in [0.25, 0.3) is 0 Å². The molecular formula is C12H15NO2. The van der Waals surface area contributed by atoms with Crippen LogP contribution in [0.25, 0.3) is 11.0 Å². The summed E-state index contributed by atoms with van der Waals surface area (Å²) in [4.78, 5) is 0. The summed E-state index contributed by atoms with van der Waals surface area (Å²) in [5.41, 5.74) is 0.759. The Labute approximate surface area is 88.7 Å². The summed E-state index contributed by atoms with van der Waals surface area (Å²) >= 11 is 0. The summed E-state index contributed by atoms with van der Waals surface area (Å²) in [5, 5.41) is 13.5. The molecule has 0 aliphatic carbocycles. The first-order valence-electron chi connectivity index (χ1n) is 5.16. The smallest absolute Gasteiger partial charge is 0.137 e. The summed E-state index contributed by atoms with van der Waals surface area (Å²) in [7, 11) is 1.93. The Hall–Kier alpha value is -1.48. The SMILES string of the molecule is CNCCCc1cc2c(O)cccc2o1. The van der Waals surface area contributed by atoms with Gasteiger partial charge in [-0.15, -0.1) is 0 Å². The van der Waals surface area contributed by atoms with Crippen molar-refractivity contribution in [2.75, 3.05) is 13.6 Å². The number of phenols is 1. The van der Waals surface area contributed by atoms with Gasteiger partial charge in [-0.05, 0) is 38.2 Å². The molecule has 2 aromatic rings. The molecule has 15 heavy (non-hydrogen) atoms. The van der Waals surface area contributed by atoms with E-state index >= 15 is 0 Å². The monoisotopic (exact) mass is 205 g/mol. The van der Waals surface area contributed by atoms with E-state index in [9.17, 15) is 5.11 Å². The molecule has 0 saturated carbocycles. The third-order valence-electron chi connectivity index (χ3n) is 2.44. The van der Waals surface area contributed by atoms with Crippen molar-refractivity contribution < 1.29 is 9.52 Å². The lowest BCUT2D eigenvalue weighted by molar-refractivity contribution is 0.481. The predicted octanol–water partition coefficient (Wildman–Crippen LogP) is 2.29. The van der Waals surface area contributed by atoms with Crippen molar-refractivity contribution in [2.45, 2.75) is 12.8 Å². The lowest BCUT2D eigenvalue weighted by Gasteiger charge is -1.95. The second kappa shape index (κ2) is 4.36. The first kappa shape index (κ1) is 10.1. The summed E-state index contributed by atoms with van der Waals surface area (Å²) < 4.78 is 5.61. The Morgan fingerprint density at radius 1 is 1.40 bits per heavy atom. The van der Waals surface area contributed by atoms with Crippen molar-refractivity contribution in [2.24, 2.45) is 0 Å². The van der Waals surface area contributed by atoms with Crippen molar-refractivity contribution in [3.63, 3.8) is 0 Å². The van der Waals surface area contributed by atoms with Crippen LogP contribution in [-0.4, -0.2) is 18.7 Å². The zero-order valence-corrected chi connectivity index (χ0v) is 8.79. The van der Waals surface area contributed by atoms with Gasteiger partial charge >= 0.3 is 0 Å². The van der Waals surface area contributed by atoms with Crippen LogP contribution in [0.3, 0.4) is 0 Å². The van der Waals surface area contributed by atoms with E-state index in [2.05, 4.69) is 5.32 Å². The first-order valence-corrected chi connectivity index (χ1v) is 5.16. The summed E-state index contributed by atoms with van der Waals surface area (Å²) in [6, 6.07) is 7.25. The zero-order chi connectivity index (χ0) is 10.7. The van der Waals surface area contributed by atoms with E-state index in [0.29, 0.717) is 0 Å². The Morgan fingerprint density at radius 3 is 3.00 bits per heavy atom. The number of nitrogens with one attached hydrogen (secondary N) is 1. The number of furan rings is 1. The van der Waals surface area contributed by atoms with Crippen molar-refractivity contribution in [3.8, 4) is 5.75 Å². The van der Waals surface area contributed by atoms with Gasteiger partial charge in [-0.1, -0.05) is 6.07 Å². The minimum Gasteiger partial charge on any atom is -0.507 e. The van der Waals surface area contributed by atoms with E-state index in [1.54, 1.807) is 12.1 Å². The number of aryl methyl sites for hydroxylation is 1. The minimum atomic E-state index is 0.288. The molecule has 0 aliphatic rings. The van der Waals surface area contributed by atoms with Crippen molar-refractivity contribution >= 4 is 11.0 Å². The topological polar surface area (TPSA) is 45.4 Å². The average molecular weight is 205 g/mol. The maximum absolute atomic E-state index is 9.58. The maximum Gasteiger partial charge on any atom is 0.137 e. The third-order valence-corrected chi connectivity index (χ3v) is 2.44. The maximum atomic E-state index is 9.58. The fraction of sp³-hybridized carbons (Fsp3) is 0.333. The van der Waals surface area contributed by atoms with Gasteiger partial charge in [-0.2, -0.15) is 0 Å². The van der Waals surface area contributed by atoms with Crippen LogP contribution in [0.4, 0.5) is 0 Å². The average Bonchev–Trinajstić information content (AvgIpc) is 2.63. The van der Waals surface area contributed by atoms with E-state index < -0.39 is 0 Å². The molecule has 1 aromatic carbocycles. The van der Waals surface area contributed by atoms with Crippen LogP contribution in [0.15, 0.2) is 28.7 Å². The molecule has 0 atom stereocenters. The molecule has 80 valence electrons. The highest BCUT2D eigenvalue weighted by molar-refractivity contribution is 5.84. The highest BCUT2D eigenvalue weighted by atomic mass is 16.3. The van der Waals surface area contributed by atoms with Gasteiger partial charge in [-0.25, -0.2) is 0 Å². The van der Waals surface area contributed by atoms with E-state index in [-0.39, 0.29) is 5.75 Å². The molecule has 0 aliphatic heterocycles. The molecule has 0 spiro atoms. The lowest BCUT2D eigenvalue weighted by Crippen LogP contribution is -2.07. The quantitative estimate of drug-likeness (QED) is 0.753. The number of phenolic OH excluding ortho intramolecular Hbond substituents is 1. The number of aromatic hydroxyl groups is 1. The number of hydrogen-bond acceptors (Lipinski definition) is 3. The van der Waals surface area contributed by atoms with Crippen molar-refractivity contribution in [1.29, 1.82) is 0 Å². The van der Waals surface area contributed by atoms with Crippen LogP contribution in [0.1, 0.15) is 12.2 Å². The zero-order valence-electron chi connectivity index (χ0n) is 8.79. The molecule has 1 heterocycles. The van der Waals surface area contributed by atoms with Gasteiger partial charge < -0.3 is 14.8 Å². The van der Waals surface area contributed by atoms with Crippen LogP contribution >= 0.6 is 0 Å². The molecule has 2 rings (SSSR count). The number of hydrogen-bond donors (Lipinski definition) is 2. The molecule has 0 unspecified atom stereocenters. The summed E-state index contributed by atoms with van der Waals surface area (Å²) in [6.07, 6.45) is 1.94. The Kier molecular flexibility index (Phi) is 2.92. The normalized spacial score (nSPS) is 11.0. The van der Waals surface area contributed by atoms with Crippen LogP contribution in [0, 0.1) is 0 Å². The number of fused-ring (bicyclic) bond motifs is 1. The summed E-state index contributed by atoms with van der Waals surface area (Å²) in [5.74, 6) is 1.22. The van der Waals surface area contributed by atoms with Crippen LogP contribution in [-0.2, 0) is 6.42 Å². The Bertz CT molecular complexity index is 448. The minimum absolute atomic E-state index is 0.288. The van der Waals surface area contributed by atoms with Gasteiger partial charge in [0.2, 0.25) is 0 Å². The van der Waals surface area contributed by atoms with Crippen LogP contribution in [0.5, 0.6) is 5.75 Å². The molecule has 3 heteroatoms. The van der Waals surface area contributed by atoms with E-state index in [4.69, 9.17) is 4.42 Å². The van der Waals surface area contributed by atoms with Gasteiger partial charge in [-0.3, -0.25) is 0 Å². The molecule has 0 saturated heterocycles. The standard InChI is InChI=1S/C12H15NO2/c1-13-7-3-4-9-8-10-11(14)5-2-6-12(10)15-9/h2,5-6,8,13-14H,3-4,7H2,1H3. The van der Waals surface area contributed by atoms with Crippen molar-refractivity contribution in [3.05, 3.63) is 30.0 Å². The van der Waals surface area contributed by atoms with E-state index in [1.807, 2.05) is 19.2 Å². The highest BCUT2D eigenvalue weighted by Gasteiger charge is 2.06. The van der Waals surface area contributed by atoms with Crippen LogP contribution in [0.2, 0.25) is 0 Å². The van der Waals surface area contributed by atoms with E-state index in [0.717, 1.165) is 36.1 Å². The third kappa shape index (κ3) is 2.13. The van der Waals surface area contributed by atoms with Crippen molar-refractivity contribution in [1.82, 2.24) is 5.32 Å². The Balaban J connectivity index is 2.20. The summed E-state index contributed by atoms with van der Waals surface area (Å²) in [6.45, 7) is 0.975. The molecular weight excluding hydrogens is 190 g/mol. The van der Waals surface area contributed by atoms with Gasteiger partial charge in [0.15, 0.2) is 0 Å². The largest absolute Gasteiger partial charge is 0.507 e. The lowest BCUT2D eigenvalue weighted by atomic mass is 10.2. The van der Waals surface area contributed by atoms with Crippen LogP contribution < -0.4 is 5.32 Å². The second-order valence-corrected chi connectivity index (χ2v) is 3.61. The second-order valence-electron chi connectivity index (χ2n) is 3.61. The van der Waals surface area contributed by atoms with Gasteiger partial charge in [0.1, 0.15) is 17.1 Å². The van der Waals surface area contributed by atoms with E-state index in [1.165, 1.54) is 0 Å². The first-order chi connectivity index (χ1) is 7.31. The fourth-order valence-corrected chi connectivity index (χ4v) is 1.66. The Morgan fingerprint density at radius 2 is 2.27 bits per heavy atom. The molecule has 0 radical (unpaired) electrons. The fourth-order valence-electron chi connectivity index (χ4n) is 1.66. The van der Waals surface area contributed by atoms with Gasteiger partial charge in [0.05, 0.1) is 5.39 Å². The molecule has 3 nitrogen and oxygen atoms in total.